The molecule has 0 radical (unpaired) electrons. The van der Waals surface area contributed by atoms with Crippen molar-refractivity contribution in [3.8, 4) is 5.75 Å². The highest BCUT2D eigenvalue weighted by atomic mass is 19.2. The molecule has 0 unspecified atom stereocenters. The van der Waals surface area contributed by atoms with Gasteiger partial charge in [0.25, 0.3) is 0 Å². The first kappa shape index (κ1) is 15.3. The molecule has 0 bridgehead atoms. The second kappa shape index (κ2) is 5.75. The Bertz CT molecular complexity index is 702. The van der Waals surface area contributed by atoms with E-state index in [2.05, 4.69) is 0 Å². The van der Waals surface area contributed by atoms with Crippen LogP contribution >= 0.6 is 0 Å². The summed E-state index contributed by atoms with van der Waals surface area (Å²) in [6, 6.07) is 2.06. The van der Waals surface area contributed by atoms with Gasteiger partial charge in [0.1, 0.15) is 11.6 Å². The maximum absolute atomic E-state index is 13.7. The molecule has 2 aromatic rings. The smallest absolute Gasteiger partial charge is 0.200 e. The van der Waals surface area contributed by atoms with Crippen LogP contribution in [0.3, 0.4) is 0 Å². The Morgan fingerprint density at radius 3 is 2.10 bits per heavy atom. The molecule has 0 aromatic heterocycles. The molecule has 0 atom stereocenters. The van der Waals surface area contributed by atoms with Crippen molar-refractivity contribution in [1.82, 2.24) is 0 Å². The van der Waals surface area contributed by atoms with Crippen LogP contribution in [0.2, 0.25) is 0 Å². The molecule has 0 aliphatic carbocycles. The average molecular weight is 300 g/mol. The predicted octanol–water partition coefficient (Wildman–Crippen LogP) is 2.09. The zero-order valence-electron chi connectivity index (χ0n) is 11.2. The SMILES string of the molecule is COc1cc(Bc2c(F)cc(F)c(F)c2C)c(F)cc1F. The number of hydrogen-bond acceptors (Lipinski definition) is 1. The van der Waals surface area contributed by atoms with Gasteiger partial charge in [-0.2, -0.15) is 0 Å². The summed E-state index contributed by atoms with van der Waals surface area (Å²) < 4.78 is 72.0. The summed E-state index contributed by atoms with van der Waals surface area (Å²) >= 11 is 0. The predicted molar refractivity (Wildman–Crippen MR) is 70.4 cm³/mol. The summed E-state index contributed by atoms with van der Waals surface area (Å²) in [4.78, 5) is 0. The van der Waals surface area contributed by atoms with Gasteiger partial charge in [0.15, 0.2) is 23.2 Å². The van der Waals surface area contributed by atoms with Gasteiger partial charge in [0.2, 0.25) is 7.28 Å². The van der Waals surface area contributed by atoms with Crippen LogP contribution in [0.4, 0.5) is 22.0 Å². The van der Waals surface area contributed by atoms with Crippen molar-refractivity contribution in [1.29, 1.82) is 0 Å². The molecule has 110 valence electrons. The van der Waals surface area contributed by atoms with Crippen molar-refractivity contribution >= 4 is 18.2 Å². The summed E-state index contributed by atoms with van der Waals surface area (Å²) in [5.74, 6) is -5.54. The highest BCUT2D eigenvalue weighted by Crippen LogP contribution is 2.16. The summed E-state index contributed by atoms with van der Waals surface area (Å²) in [6.07, 6.45) is 0. The van der Waals surface area contributed by atoms with E-state index < -0.39 is 29.1 Å². The molecule has 0 aliphatic rings. The van der Waals surface area contributed by atoms with Crippen LogP contribution < -0.4 is 15.7 Å². The molecule has 2 aromatic carbocycles. The third kappa shape index (κ3) is 2.86. The zero-order chi connectivity index (χ0) is 15.7. The summed E-state index contributed by atoms with van der Waals surface area (Å²) in [6.45, 7) is 1.19. The maximum Gasteiger partial charge on any atom is 0.200 e. The Morgan fingerprint density at radius 2 is 1.48 bits per heavy atom. The van der Waals surface area contributed by atoms with Crippen LogP contribution in [0.1, 0.15) is 5.56 Å². The lowest BCUT2D eigenvalue weighted by molar-refractivity contribution is 0.385. The molecule has 1 nitrogen and oxygen atoms in total. The minimum Gasteiger partial charge on any atom is -0.494 e. The van der Waals surface area contributed by atoms with Crippen LogP contribution in [-0.2, 0) is 0 Å². The Labute approximate surface area is 118 Å². The minimum atomic E-state index is -1.31. The first-order valence-corrected chi connectivity index (χ1v) is 6.00. The number of rotatable bonds is 3. The van der Waals surface area contributed by atoms with Crippen LogP contribution in [0.5, 0.6) is 5.75 Å². The third-order valence-electron chi connectivity index (χ3n) is 3.22. The first-order chi connectivity index (χ1) is 9.85. The Balaban J connectivity index is 2.51. The molecule has 0 spiro atoms. The fourth-order valence-corrected chi connectivity index (χ4v) is 2.02. The highest BCUT2D eigenvalue weighted by Gasteiger charge is 2.19. The number of ether oxygens (including phenoxy) is 1. The average Bonchev–Trinajstić information content (AvgIpc) is 2.43. The van der Waals surface area contributed by atoms with Crippen molar-refractivity contribution < 1.29 is 26.7 Å². The van der Waals surface area contributed by atoms with Crippen LogP contribution in [0.15, 0.2) is 18.2 Å². The fourth-order valence-electron chi connectivity index (χ4n) is 2.02. The van der Waals surface area contributed by atoms with E-state index in [-0.39, 0.29) is 29.5 Å². The van der Waals surface area contributed by atoms with Gasteiger partial charge in [-0.1, -0.05) is 0 Å². The van der Waals surface area contributed by atoms with E-state index in [0.29, 0.717) is 12.1 Å². The standard InChI is InChI=1S/C14H10BF5O/c1-6-13(10(18)5-11(19)14(6)20)15-7-3-12(21-2)9(17)4-8(7)16/h3-5,15H,1-2H3. The Morgan fingerprint density at radius 1 is 0.857 bits per heavy atom. The zero-order valence-corrected chi connectivity index (χ0v) is 11.2. The van der Waals surface area contributed by atoms with Crippen LogP contribution in [0, 0.1) is 36.0 Å². The molecular formula is C14H10BF5O. The van der Waals surface area contributed by atoms with Crippen molar-refractivity contribution in [2.75, 3.05) is 7.11 Å². The molecule has 0 N–H and O–H groups in total. The monoisotopic (exact) mass is 300 g/mol. The number of methoxy groups -OCH3 is 1. The first-order valence-electron chi connectivity index (χ1n) is 6.00. The normalized spacial score (nSPS) is 10.6. The second-order valence-corrected chi connectivity index (χ2v) is 4.51. The van der Waals surface area contributed by atoms with Gasteiger partial charge < -0.3 is 4.74 Å². The van der Waals surface area contributed by atoms with E-state index >= 15 is 0 Å². The van der Waals surface area contributed by atoms with Gasteiger partial charge in [-0.15, -0.1) is 0 Å². The maximum atomic E-state index is 13.7. The van der Waals surface area contributed by atoms with Crippen molar-refractivity contribution in [2.45, 2.75) is 6.92 Å². The van der Waals surface area contributed by atoms with E-state index in [1.54, 1.807) is 0 Å². The molecule has 0 saturated carbocycles. The Hall–Kier alpha value is -2.05. The summed E-state index contributed by atoms with van der Waals surface area (Å²) in [5, 5.41) is 0. The minimum absolute atomic E-state index is 0.0822. The van der Waals surface area contributed by atoms with Gasteiger partial charge in [-0.25, -0.2) is 22.0 Å². The van der Waals surface area contributed by atoms with E-state index in [9.17, 15) is 22.0 Å². The lowest BCUT2D eigenvalue weighted by atomic mass is 9.62. The van der Waals surface area contributed by atoms with Gasteiger partial charge in [0, 0.05) is 12.1 Å². The van der Waals surface area contributed by atoms with Crippen molar-refractivity contribution in [3.63, 3.8) is 0 Å². The topological polar surface area (TPSA) is 9.23 Å². The van der Waals surface area contributed by atoms with E-state index in [0.717, 1.165) is 6.07 Å². The van der Waals surface area contributed by atoms with Crippen LogP contribution in [0.25, 0.3) is 0 Å². The molecule has 0 fully saturated rings. The lowest BCUT2D eigenvalue weighted by Gasteiger charge is -2.10. The molecule has 0 saturated heterocycles. The lowest BCUT2D eigenvalue weighted by Crippen LogP contribution is -2.35. The van der Waals surface area contributed by atoms with Crippen LogP contribution in [-0.4, -0.2) is 14.4 Å². The molecule has 0 amide bonds. The number of halogens is 5. The Kier molecular flexibility index (Phi) is 4.20. The van der Waals surface area contributed by atoms with Crippen molar-refractivity contribution in [2.24, 2.45) is 0 Å². The number of hydrogen-bond donors (Lipinski definition) is 0. The molecule has 21 heavy (non-hydrogen) atoms. The van der Waals surface area contributed by atoms with E-state index in [1.807, 2.05) is 0 Å². The third-order valence-corrected chi connectivity index (χ3v) is 3.22. The molecule has 2 rings (SSSR count). The van der Waals surface area contributed by atoms with Gasteiger partial charge >= 0.3 is 0 Å². The number of benzene rings is 2. The largest absolute Gasteiger partial charge is 0.494 e. The molecule has 0 aliphatic heterocycles. The molecule has 0 heterocycles. The van der Waals surface area contributed by atoms with E-state index in [4.69, 9.17) is 4.74 Å². The van der Waals surface area contributed by atoms with Gasteiger partial charge in [0.05, 0.1) is 7.11 Å². The quantitative estimate of drug-likeness (QED) is 0.479. The highest BCUT2D eigenvalue weighted by molar-refractivity contribution is 6.68. The summed E-state index contributed by atoms with van der Waals surface area (Å²) in [5.41, 5.74) is -0.530. The van der Waals surface area contributed by atoms with Gasteiger partial charge in [-0.05, 0) is 29.5 Å². The fraction of sp³-hybridized carbons (Fsp3) is 0.143. The van der Waals surface area contributed by atoms with Crippen molar-refractivity contribution in [3.05, 3.63) is 52.8 Å². The van der Waals surface area contributed by atoms with E-state index in [1.165, 1.54) is 14.0 Å². The molecule has 7 heteroatoms. The van der Waals surface area contributed by atoms with Gasteiger partial charge in [-0.3, -0.25) is 0 Å². The molecular weight excluding hydrogens is 290 g/mol. The second-order valence-electron chi connectivity index (χ2n) is 4.51. The summed E-state index contributed by atoms with van der Waals surface area (Å²) in [7, 11) is 0.848.